The number of sulfonamides is 1. The molecular formula is C25H34F3N5O4S. The first-order valence-electron chi connectivity index (χ1n) is 12.7. The maximum Gasteiger partial charge on any atom is 0.225 e. The number of ether oxygens (including phenoxy) is 2. The number of piperidine rings is 1. The van der Waals surface area contributed by atoms with E-state index in [1.807, 2.05) is 6.92 Å². The monoisotopic (exact) mass is 557 g/mol. The van der Waals surface area contributed by atoms with Crippen LogP contribution in [-0.4, -0.2) is 80.5 Å². The molecule has 1 aromatic carbocycles. The van der Waals surface area contributed by atoms with Crippen LogP contribution in [0.4, 0.5) is 19.1 Å². The average molecular weight is 558 g/mol. The molecular weight excluding hydrogens is 523 g/mol. The lowest BCUT2D eigenvalue weighted by molar-refractivity contribution is 0.111. The van der Waals surface area contributed by atoms with Crippen molar-refractivity contribution in [1.29, 1.82) is 0 Å². The van der Waals surface area contributed by atoms with Gasteiger partial charge in [-0.3, -0.25) is 0 Å². The number of nitrogens with zero attached hydrogens (tertiary/aromatic N) is 4. The van der Waals surface area contributed by atoms with Crippen molar-refractivity contribution in [2.24, 2.45) is 11.7 Å². The third kappa shape index (κ3) is 6.56. The molecule has 2 N–H and O–H groups in total. The summed E-state index contributed by atoms with van der Waals surface area (Å²) >= 11 is 0. The third-order valence-electron chi connectivity index (χ3n) is 7.33. The number of halogens is 3. The van der Waals surface area contributed by atoms with Gasteiger partial charge >= 0.3 is 0 Å². The smallest absolute Gasteiger partial charge is 0.225 e. The van der Waals surface area contributed by atoms with Crippen molar-refractivity contribution in [3.63, 3.8) is 0 Å². The second-order valence-corrected chi connectivity index (χ2v) is 12.0. The predicted molar refractivity (Wildman–Crippen MR) is 136 cm³/mol. The normalized spacial score (nSPS) is 22.1. The molecule has 0 radical (unpaired) electrons. The molecule has 210 valence electrons. The van der Waals surface area contributed by atoms with Crippen molar-refractivity contribution < 1.29 is 31.1 Å². The van der Waals surface area contributed by atoms with E-state index in [-0.39, 0.29) is 29.9 Å². The van der Waals surface area contributed by atoms with Crippen LogP contribution in [0.15, 0.2) is 24.5 Å². The Morgan fingerprint density at radius 3 is 2.39 bits per heavy atom. The Kier molecular flexibility index (Phi) is 9.11. The van der Waals surface area contributed by atoms with Crippen LogP contribution >= 0.6 is 0 Å². The van der Waals surface area contributed by atoms with E-state index in [1.54, 1.807) is 28.7 Å². The van der Waals surface area contributed by atoms with Gasteiger partial charge in [-0.1, -0.05) is 0 Å². The summed E-state index contributed by atoms with van der Waals surface area (Å²) in [4.78, 5) is 10.5. The Bertz CT molecular complexity index is 1200. The van der Waals surface area contributed by atoms with Crippen LogP contribution in [-0.2, 0) is 14.8 Å². The molecule has 2 fully saturated rings. The van der Waals surface area contributed by atoms with Crippen molar-refractivity contribution >= 4 is 16.0 Å². The molecule has 38 heavy (non-hydrogen) atoms. The quantitative estimate of drug-likeness (QED) is 0.351. The number of nitrogens with two attached hydrogens (primary N) is 1. The highest BCUT2D eigenvalue weighted by Gasteiger charge is 2.35. The number of hydrogen-bond acceptors (Lipinski definition) is 8. The first kappa shape index (κ1) is 28.5. The highest BCUT2D eigenvalue weighted by molar-refractivity contribution is 7.89. The molecule has 0 bridgehead atoms. The van der Waals surface area contributed by atoms with Crippen LogP contribution in [0.2, 0.25) is 0 Å². The van der Waals surface area contributed by atoms with Crippen LogP contribution in [0.1, 0.15) is 37.7 Å². The summed E-state index contributed by atoms with van der Waals surface area (Å²) in [6.07, 6.45) is 4.79. The standard InChI is InChI=1S/C25H34F3N5O4S/c1-16(17-4-6-33(7-5-17)38(34,35)9-3-8-36-2)37-18-12-30-25(31-13-18)32-14-20(24(29)15-32)19-10-22(27)23(28)11-21(19)26/h10-13,16-17,20,24H,3-9,14-15,29H2,1-2H3/t16-,20+,24-/m0/s1. The van der Waals surface area contributed by atoms with Crippen molar-refractivity contribution in [2.75, 3.05) is 50.5 Å². The molecule has 0 spiro atoms. The molecule has 2 saturated heterocycles. The van der Waals surface area contributed by atoms with Gasteiger partial charge in [0, 0.05) is 57.9 Å². The first-order valence-corrected chi connectivity index (χ1v) is 14.3. The van der Waals surface area contributed by atoms with Gasteiger partial charge < -0.3 is 20.1 Å². The van der Waals surface area contributed by atoms with Gasteiger partial charge in [0.2, 0.25) is 16.0 Å². The van der Waals surface area contributed by atoms with Gasteiger partial charge in [0.1, 0.15) is 5.82 Å². The van der Waals surface area contributed by atoms with Crippen molar-refractivity contribution in [1.82, 2.24) is 14.3 Å². The molecule has 2 aliphatic rings. The largest absolute Gasteiger partial charge is 0.487 e. The maximum absolute atomic E-state index is 14.3. The Labute approximate surface area is 221 Å². The van der Waals surface area contributed by atoms with Crippen molar-refractivity contribution in [3.8, 4) is 5.75 Å². The molecule has 4 rings (SSSR count). The van der Waals surface area contributed by atoms with Crippen LogP contribution < -0.4 is 15.4 Å². The van der Waals surface area contributed by atoms with Gasteiger partial charge in [0.25, 0.3) is 0 Å². The average Bonchev–Trinajstić information content (AvgIpc) is 3.28. The summed E-state index contributed by atoms with van der Waals surface area (Å²) in [5.74, 6) is -2.62. The first-order chi connectivity index (χ1) is 18.1. The number of benzene rings is 1. The molecule has 3 heterocycles. The molecule has 3 atom stereocenters. The van der Waals surface area contributed by atoms with Gasteiger partial charge in [0.15, 0.2) is 17.4 Å². The van der Waals surface area contributed by atoms with E-state index in [9.17, 15) is 21.6 Å². The van der Waals surface area contributed by atoms with E-state index in [4.69, 9.17) is 15.2 Å². The second kappa shape index (κ2) is 12.1. The number of hydrogen-bond donors (Lipinski definition) is 1. The van der Waals surface area contributed by atoms with E-state index >= 15 is 0 Å². The van der Waals surface area contributed by atoms with Gasteiger partial charge in [-0.2, -0.15) is 0 Å². The van der Waals surface area contributed by atoms with Crippen LogP contribution in [0.25, 0.3) is 0 Å². The number of anilines is 1. The molecule has 0 saturated carbocycles. The van der Waals surface area contributed by atoms with E-state index in [0.717, 1.165) is 6.07 Å². The molecule has 0 unspecified atom stereocenters. The Hall–Kier alpha value is -2.48. The molecule has 0 aliphatic carbocycles. The number of methoxy groups -OCH3 is 1. The number of rotatable bonds is 10. The topological polar surface area (TPSA) is 111 Å². The zero-order valence-corrected chi connectivity index (χ0v) is 22.3. The summed E-state index contributed by atoms with van der Waals surface area (Å²) in [5.41, 5.74) is 6.22. The Balaban J connectivity index is 1.30. The van der Waals surface area contributed by atoms with Gasteiger partial charge in [-0.05, 0) is 43.7 Å². The minimum absolute atomic E-state index is 0.0292. The lowest BCUT2D eigenvalue weighted by Crippen LogP contribution is -2.42. The minimum Gasteiger partial charge on any atom is -0.487 e. The third-order valence-corrected chi connectivity index (χ3v) is 9.29. The van der Waals surface area contributed by atoms with Gasteiger partial charge in [0.05, 0.1) is 24.3 Å². The Morgan fingerprint density at radius 2 is 1.74 bits per heavy atom. The zero-order valence-electron chi connectivity index (χ0n) is 21.5. The SMILES string of the molecule is COCCCS(=O)(=O)N1CCC([C@H](C)Oc2cnc(N3C[C@H](c4cc(F)c(F)cc4F)[C@@H](N)C3)nc2)CC1. The molecule has 1 aromatic heterocycles. The Morgan fingerprint density at radius 1 is 1.08 bits per heavy atom. The highest BCUT2D eigenvalue weighted by atomic mass is 32.2. The van der Waals surface area contributed by atoms with Crippen molar-refractivity contribution in [3.05, 3.63) is 47.5 Å². The fraction of sp³-hybridized carbons (Fsp3) is 0.600. The fourth-order valence-electron chi connectivity index (χ4n) is 5.13. The molecule has 2 aliphatic heterocycles. The zero-order chi connectivity index (χ0) is 27.4. The van der Waals surface area contributed by atoms with E-state index in [1.165, 1.54) is 0 Å². The van der Waals surface area contributed by atoms with Crippen molar-refractivity contribution in [2.45, 2.75) is 44.2 Å². The van der Waals surface area contributed by atoms with Gasteiger partial charge in [-0.15, -0.1) is 0 Å². The van der Waals surface area contributed by atoms with E-state index < -0.39 is 39.4 Å². The minimum atomic E-state index is -3.29. The summed E-state index contributed by atoms with van der Waals surface area (Å²) in [7, 11) is -1.73. The summed E-state index contributed by atoms with van der Waals surface area (Å²) in [6.45, 7) is 3.86. The lowest BCUT2D eigenvalue weighted by atomic mass is 9.93. The summed E-state index contributed by atoms with van der Waals surface area (Å²) in [6, 6.07) is 0.887. The number of aromatic nitrogens is 2. The lowest BCUT2D eigenvalue weighted by Gasteiger charge is -2.34. The molecule has 13 heteroatoms. The van der Waals surface area contributed by atoms with Gasteiger partial charge in [-0.25, -0.2) is 35.9 Å². The van der Waals surface area contributed by atoms with Crippen LogP contribution in [0.5, 0.6) is 5.75 Å². The highest BCUT2D eigenvalue weighted by Crippen LogP contribution is 2.32. The van der Waals surface area contributed by atoms with E-state index in [2.05, 4.69) is 9.97 Å². The fourth-order valence-corrected chi connectivity index (χ4v) is 6.63. The van der Waals surface area contributed by atoms with Crippen LogP contribution in [0.3, 0.4) is 0 Å². The molecule has 2 aromatic rings. The molecule has 0 amide bonds. The predicted octanol–water partition coefficient (Wildman–Crippen LogP) is 2.67. The molecule has 9 nitrogen and oxygen atoms in total. The van der Waals surface area contributed by atoms with E-state index in [0.29, 0.717) is 63.3 Å². The maximum atomic E-state index is 14.3. The van der Waals surface area contributed by atoms with Crippen LogP contribution in [0, 0.1) is 23.4 Å². The second-order valence-electron chi connectivity index (χ2n) is 9.90. The summed E-state index contributed by atoms with van der Waals surface area (Å²) in [5, 5.41) is 0. The summed E-state index contributed by atoms with van der Waals surface area (Å²) < 4.78 is 78.9.